The summed E-state index contributed by atoms with van der Waals surface area (Å²) in [5.41, 5.74) is 0.516. The van der Waals surface area contributed by atoms with Crippen molar-refractivity contribution >= 4 is 21.4 Å². The highest BCUT2D eigenvalue weighted by Gasteiger charge is 2.43. The molecule has 0 spiro atoms. The molecule has 1 fully saturated rings. The molecule has 0 atom stereocenters. The fourth-order valence-electron chi connectivity index (χ4n) is 2.50. The maximum atomic E-state index is 12.6. The first-order valence-electron chi connectivity index (χ1n) is 6.42. The van der Waals surface area contributed by atoms with E-state index in [0.29, 0.717) is 10.4 Å². The van der Waals surface area contributed by atoms with Gasteiger partial charge in [-0.2, -0.15) is 17.5 Å². The van der Waals surface area contributed by atoms with Crippen LogP contribution >= 0.6 is 11.3 Å². The summed E-state index contributed by atoms with van der Waals surface area (Å²) in [6.07, 6.45) is -4.72. The van der Waals surface area contributed by atoms with Gasteiger partial charge >= 0.3 is 6.18 Å². The molecule has 0 radical (unpaired) electrons. The molecule has 1 aliphatic rings. The lowest BCUT2D eigenvalue weighted by atomic mass is 9.98. The summed E-state index contributed by atoms with van der Waals surface area (Å²) in [5, 5.41) is 10.8. The fraction of sp³-hybridized carbons (Fsp3) is 0.667. The van der Waals surface area contributed by atoms with Crippen LogP contribution < -0.4 is 0 Å². The molecule has 21 heavy (non-hydrogen) atoms. The molecule has 2 rings (SSSR count). The second-order valence-electron chi connectivity index (χ2n) is 5.05. The molecule has 9 heteroatoms. The normalized spacial score (nSPS) is 19.1. The van der Waals surface area contributed by atoms with Gasteiger partial charge in [0, 0.05) is 13.1 Å². The van der Waals surface area contributed by atoms with Crippen LogP contribution in [0.3, 0.4) is 0 Å². The maximum absolute atomic E-state index is 12.6. The van der Waals surface area contributed by atoms with E-state index < -0.39 is 28.7 Å². The van der Waals surface area contributed by atoms with E-state index in [1.165, 1.54) is 0 Å². The van der Waals surface area contributed by atoms with E-state index in [4.69, 9.17) is 0 Å². The molecule has 0 unspecified atom stereocenters. The number of alkyl halides is 3. The highest BCUT2D eigenvalue weighted by molar-refractivity contribution is 7.89. The van der Waals surface area contributed by atoms with Crippen LogP contribution in [0.15, 0.2) is 10.3 Å². The molecule has 1 saturated heterocycles. The lowest BCUT2D eigenvalue weighted by Gasteiger charge is -2.32. The van der Waals surface area contributed by atoms with Gasteiger partial charge in [0.1, 0.15) is 4.90 Å². The molecule has 120 valence electrons. The second kappa shape index (κ2) is 5.86. The van der Waals surface area contributed by atoms with Crippen LogP contribution in [-0.2, 0) is 16.6 Å². The van der Waals surface area contributed by atoms with Crippen LogP contribution in [0.5, 0.6) is 0 Å². The molecule has 1 aromatic heterocycles. The Morgan fingerprint density at radius 2 is 1.95 bits per heavy atom. The lowest BCUT2D eigenvalue weighted by molar-refractivity contribution is -0.182. The van der Waals surface area contributed by atoms with Crippen LogP contribution in [0.4, 0.5) is 13.2 Å². The zero-order valence-corrected chi connectivity index (χ0v) is 13.0. The van der Waals surface area contributed by atoms with Gasteiger partial charge in [-0.05, 0) is 30.7 Å². The lowest BCUT2D eigenvalue weighted by Crippen LogP contribution is -2.42. The third kappa shape index (κ3) is 3.25. The zero-order valence-electron chi connectivity index (χ0n) is 11.4. The number of aliphatic hydroxyl groups is 1. The van der Waals surface area contributed by atoms with Crippen molar-refractivity contribution in [2.45, 2.75) is 37.4 Å². The summed E-state index contributed by atoms with van der Waals surface area (Å²) < 4.78 is 64.0. The van der Waals surface area contributed by atoms with Gasteiger partial charge < -0.3 is 5.11 Å². The molecule has 0 aliphatic carbocycles. The number of rotatable bonds is 3. The first kappa shape index (κ1) is 16.7. The van der Waals surface area contributed by atoms with E-state index in [1.54, 1.807) is 12.3 Å². The van der Waals surface area contributed by atoms with Crippen molar-refractivity contribution < 1.29 is 26.7 Å². The van der Waals surface area contributed by atoms with E-state index in [2.05, 4.69) is 0 Å². The molecule has 1 aromatic rings. The Balaban J connectivity index is 2.21. The first-order chi connectivity index (χ1) is 9.67. The first-order valence-corrected chi connectivity index (χ1v) is 8.74. The van der Waals surface area contributed by atoms with Crippen LogP contribution in [0.2, 0.25) is 0 Å². The van der Waals surface area contributed by atoms with Crippen LogP contribution in [-0.4, -0.2) is 37.1 Å². The van der Waals surface area contributed by atoms with E-state index >= 15 is 0 Å². The maximum Gasteiger partial charge on any atom is 0.391 e. The minimum atomic E-state index is -4.27. The molecule has 0 amide bonds. The molecular weight excluding hydrogens is 327 g/mol. The molecule has 0 saturated carbocycles. The summed E-state index contributed by atoms with van der Waals surface area (Å²) in [6.45, 7) is 0.927. The number of thiophene rings is 1. The quantitative estimate of drug-likeness (QED) is 0.917. The van der Waals surface area contributed by atoms with E-state index in [0.717, 1.165) is 15.6 Å². The average Bonchev–Trinajstić information content (AvgIpc) is 2.79. The summed E-state index contributed by atoms with van der Waals surface area (Å²) >= 11 is 1.14. The van der Waals surface area contributed by atoms with Gasteiger partial charge in [-0.1, -0.05) is 0 Å². The Bertz CT molecular complexity index is 602. The molecule has 2 heterocycles. The predicted molar refractivity (Wildman–Crippen MR) is 72.5 cm³/mol. The molecule has 1 aliphatic heterocycles. The van der Waals surface area contributed by atoms with Crippen molar-refractivity contribution in [3.8, 4) is 0 Å². The topological polar surface area (TPSA) is 57.6 Å². The summed E-state index contributed by atoms with van der Waals surface area (Å²) in [7, 11) is -3.84. The Hall–Kier alpha value is -0.640. The summed E-state index contributed by atoms with van der Waals surface area (Å²) in [4.78, 5) is 0.367. The van der Waals surface area contributed by atoms with Crippen LogP contribution in [0, 0.1) is 12.8 Å². The minimum absolute atomic E-state index is 0.0421. The van der Waals surface area contributed by atoms with Gasteiger partial charge in [0.15, 0.2) is 0 Å². The minimum Gasteiger partial charge on any atom is -0.391 e. The van der Waals surface area contributed by atoms with Crippen molar-refractivity contribution in [3.63, 3.8) is 0 Å². The van der Waals surface area contributed by atoms with Gasteiger partial charge in [-0.3, -0.25) is 0 Å². The van der Waals surface area contributed by atoms with Crippen molar-refractivity contribution in [1.82, 2.24) is 4.31 Å². The SMILES string of the molecule is Cc1csc(CO)c1S(=O)(=O)N1CCC(C(F)(F)F)CC1. The molecule has 0 aromatic carbocycles. The van der Waals surface area contributed by atoms with E-state index in [-0.39, 0.29) is 30.8 Å². The molecular formula is C12H16F3NO3S2. The number of hydrogen-bond donors (Lipinski definition) is 1. The molecule has 4 nitrogen and oxygen atoms in total. The van der Waals surface area contributed by atoms with E-state index in [1.807, 2.05) is 0 Å². The number of nitrogens with zero attached hydrogens (tertiary/aromatic N) is 1. The number of hydrogen-bond acceptors (Lipinski definition) is 4. The van der Waals surface area contributed by atoms with Crippen molar-refractivity contribution in [2.75, 3.05) is 13.1 Å². The third-order valence-electron chi connectivity index (χ3n) is 3.65. The number of sulfonamides is 1. The zero-order chi connectivity index (χ0) is 15.8. The van der Waals surface area contributed by atoms with Crippen molar-refractivity contribution in [1.29, 1.82) is 0 Å². The smallest absolute Gasteiger partial charge is 0.391 e. The Morgan fingerprint density at radius 3 is 2.43 bits per heavy atom. The van der Waals surface area contributed by atoms with Crippen LogP contribution in [0.1, 0.15) is 23.3 Å². The Labute approximate surface area is 125 Å². The van der Waals surface area contributed by atoms with Gasteiger partial charge in [0.05, 0.1) is 17.4 Å². The van der Waals surface area contributed by atoms with Crippen LogP contribution in [0.25, 0.3) is 0 Å². The van der Waals surface area contributed by atoms with Gasteiger partial charge in [0.25, 0.3) is 0 Å². The highest BCUT2D eigenvalue weighted by Crippen LogP contribution is 2.37. The Kier molecular flexibility index (Phi) is 4.67. The summed E-state index contributed by atoms with van der Waals surface area (Å²) in [6, 6.07) is 0. The molecule has 0 bridgehead atoms. The number of piperidine rings is 1. The van der Waals surface area contributed by atoms with Gasteiger partial charge in [0.2, 0.25) is 10.0 Å². The van der Waals surface area contributed by atoms with Gasteiger partial charge in [-0.15, -0.1) is 11.3 Å². The Morgan fingerprint density at radius 1 is 1.38 bits per heavy atom. The van der Waals surface area contributed by atoms with Crippen molar-refractivity contribution in [3.05, 3.63) is 15.8 Å². The van der Waals surface area contributed by atoms with E-state index in [9.17, 15) is 26.7 Å². The number of aliphatic hydroxyl groups excluding tert-OH is 1. The second-order valence-corrected chi connectivity index (χ2v) is 7.89. The standard InChI is InChI=1S/C12H16F3NO3S2/c1-8-7-20-10(6-17)11(8)21(18,19)16-4-2-9(3-5-16)12(13,14)15/h7,9,17H,2-6H2,1H3. The van der Waals surface area contributed by atoms with Crippen molar-refractivity contribution in [2.24, 2.45) is 5.92 Å². The largest absolute Gasteiger partial charge is 0.391 e. The number of halogens is 3. The number of aryl methyl sites for hydroxylation is 1. The monoisotopic (exact) mass is 343 g/mol. The average molecular weight is 343 g/mol. The molecule has 1 N–H and O–H groups in total. The summed E-state index contributed by atoms with van der Waals surface area (Å²) in [5.74, 6) is -1.44. The predicted octanol–water partition coefficient (Wildman–Crippen LogP) is 2.51. The highest BCUT2D eigenvalue weighted by atomic mass is 32.2. The third-order valence-corrected chi connectivity index (χ3v) is 7.00. The van der Waals surface area contributed by atoms with Gasteiger partial charge in [-0.25, -0.2) is 8.42 Å². The fourth-order valence-corrected chi connectivity index (χ4v) is 5.58.